The van der Waals surface area contributed by atoms with E-state index in [0.29, 0.717) is 12.0 Å². The number of Topliss-reactive ketones (excluding diaryl/α,β-unsaturated/α-hetero) is 1. The average Bonchev–Trinajstić information content (AvgIpc) is 2.70. The zero-order valence-electron chi connectivity index (χ0n) is 19.2. The third-order valence-corrected chi connectivity index (χ3v) is 4.87. The van der Waals surface area contributed by atoms with Crippen molar-refractivity contribution in [3.63, 3.8) is 0 Å². The highest BCUT2D eigenvalue weighted by molar-refractivity contribution is 6.05. The number of hydrogen-bond acceptors (Lipinski definition) is 7. The number of cyclic esters (lactones) is 1. The van der Waals surface area contributed by atoms with Gasteiger partial charge >= 0.3 is 11.9 Å². The fraction of sp³-hybridized carbons (Fsp3) is 0.400. The van der Waals surface area contributed by atoms with Gasteiger partial charge in [0.05, 0.1) is 18.8 Å². The van der Waals surface area contributed by atoms with Gasteiger partial charge in [-0.25, -0.2) is 9.59 Å². The van der Waals surface area contributed by atoms with Crippen molar-refractivity contribution in [2.24, 2.45) is 5.92 Å². The molecule has 0 saturated heterocycles. The third-order valence-electron chi connectivity index (χ3n) is 4.87. The van der Waals surface area contributed by atoms with E-state index in [-0.39, 0.29) is 58.4 Å². The lowest BCUT2D eigenvalue weighted by molar-refractivity contribution is 0.0374. The Morgan fingerprint density at radius 3 is 2.44 bits per heavy atom. The molecule has 0 fully saturated rings. The maximum atomic E-state index is 12.9. The van der Waals surface area contributed by atoms with Gasteiger partial charge in [-0.05, 0) is 56.5 Å². The molecular weight excluding hydrogens is 412 g/mol. The van der Waals surface area contributed by atoms with Gasteiger partial charge < -0.3 is 18.9 Å². The van der Waals surface area contributed by atoms with Gasteiger partial charge in [-0.15, -0.1) is 0 Å². The van der Waals surface area contributed by atoms with Crippen LogP contribution >= 0.6 is 0 Å². The molecule has 0 bridgehead atoms. The number of fused-ring (bicyclic) bond motifs is 2. The number of aryl methyl sites for hydroxylation is 1. The van der Waals surface area contributed by atoms with Gasteiger partial charge in [-0.1, -0.05) is 13.8 Å². The van der Waals surface area contributed by atoms with Crippen molar-refractivity contribution in [2.45, 2.75) is 53.8 Å². The molecule has 0 aromatic heterocycles. The fourth-order valence-electron chi connectivity index (χ4n) is 3.59. The Morgan fingerprint density at radius 1 is 1.09 bits per heavy atom. The molecule has 0 aliphatic carbocycles. The number of hydrogen-bond donors (Lipinski definition) is 0. The van der Waals surface area contributed by atoms with E-state index in [2.05, 4.69) is 0 Å². The van der Waals surface area contributed by atoms with Crippen LogP contribution in [0, 0.1) is 12.8 Å². The summed E-state index contributed by atoms with van der Waals surface area (Å²) in [6.45, 7) is 9.12. The quantitative estimate of drug-likeness (QED) is 0.447. The fourth-order valence-corrected chi connectivity index (χ4v) is 3.59. The normalized spacial score (nSPS) is 12.8. The highest BCUT2D eigenvalue weighted by Gasteiger charge is 2.31. The first-order valence-corrected chi connectivity index (χ1v) is 10.6. The topological polar surface area (TPSA) is 88.1 Å². The predicted octanol–water partition coefficient (Wildman–Crippen LogP) is 5.26. The van der Waals surface area contributed by atoms with Gasteiger partial charge in [0, 0.05) is 12.0 Å². The summed E-state index contributed by atoms with van der Waals surface area (Å²) in [5.74, 6) is -0.734. The summed E-state index contributed by atoms with van der Waals surface area (Å²) in [7, 11) is 1.39. The van der Waals surface area contributed by atoms with Crippen LogP contribution in [0.1, 0.15) is 76.3 Å². The van der Waals surface area contributed by atoms with Gasteiger partial charge in [-0.2, -0.15) is 0 Å². The molecule has 0 unspecified atom stereocenters. The second kappa shape index (κ2) is 9.42. The number of esters is 2. The SMILES string of the molecule is COc1c(C(=O)CC(C)C)ccc2c1C(=O)OCc1cc(C)cc(C(=O)OC(C)C)c1O2. The van der Waals surface area contributed by atoms with Crippen molar-refractivity contribution in [3.05, 3.63) is 52.1 Å². The summed E-state index contributed by atoms with van der Waals surface area (Å²) in [4.78, 5) is 38.4. The van der Waals surface area contributed by atoms with Gasteiger partial charge in [-0.3, -0.25) is 4.79 Å². The summed E-state index contributed by atoms with van der Waals surface area (Å²) >= 11 is 0. The molecule has 0 spiro atoms. The molecule has 170 valence electrons. The van der Waals surface area contributed by atoms with Crippen LogP contribution in [0.2, 0.25) is 0 Å². The monoisotopic (exact) mass is 440 g/mol. The van der Waals surface area contributed by atoms with Crippen molar-refractivity contribution in [3.8, 4) is 17.2 Å². The highest BCUT2D eigenvalue weighted by atomic mass is 16.6. The molecule has 2 aromatic rings. The standard InChI is InChI=1S/C25H28O7/c1-13(2)9-19(26)17-7-8-20-21(23(17)29-6)25(28)30-12-16-10-15(5)11-18(22(16)32-20)24(27)31-14(3)4/h7-8,10-11,13-14H,9,12H2,1-6H3. The van der Waals surface area contributed by atoms with E-state index in [0.717, 1.165) is 5.56 Å². The van der Waals surface area contributed by atoms with Crippen molar-refractivity contribution < 1.29 is 33.3 Å². The summed E-state index contributed by atoms with van der Waals surface area (Å²) in [6.07, 6.45) is -0.00908. The number of ketones is 1. The Balaban J connectivity index is 2.16. The first-order valence-electron chi connectivity index (χ1n) is 10.6. The Bertz CT molecular complexity index is 1070. The van der Waals surface area contributed by atoms with Crippen LogP contribution in [0.5, 0.6) is 17.2 Å². The Hall–Kier alpha value is -3.35. The number of methoxy groups -OCH3 is 1. The van der Waals surface area contributed by atoms with Crippen LogP contribution in [0.15, 0.2) is 24.3 Å². The zero-order chi connectivity index (χ0) is 23.6. The number of benzene rings is 2. The van der Waals surface area contributed by atoms with E-state index >= 15 is 0 Å². The van der Waals surface area contributed by atoms with Gasteiger partial charge in [0.15, 0.2) is 5.78 Å². The van der Waals surface area contributed by atoms with Crippen molar-refractivity contribution in [1.82, 2.24) is 0 Å². The molecule has 7 nitrogen and oxygen atoms in total. The van der Waals surface area contributed by atoms with Crippen LogP contribution in [0.3, 0.4) is 0 Å². The van der Waals surface area contributed by atoms with Crippen molar-refractivity contribution in [2.75, 3.05) is 7.11 Å². The molecule has 2 aromatic carbocycles. The van der Waals surface area contributed by atoms with Crippen molar-refractivity contribution >= 4 is 17.7 Å². The van der Waals surface area contributed by atoms with Crippen LogP contribution in [0.4, 0.5) is 0 Å². The minimum Gasteiger partial charge on any atom is -0.495 e. The minimum atomic E-state index is -0.672. The van der Waals surface area contributed by atoms with Crippen LogP contribution < -0.4 is 9.47 Å². The number of ether oxygens (including phenoxy) is 4. The molecule has 0 atom stereocenters. The van der Waals surface area contributed by atoms with Gasteiger partial charge in [0.1, 0.15) is 35.0 Å². The lowest BCUT2D eigenvalue weighted by atomic mass is 9.97. The molecule has 0 N–H and O–H groups in total. The van der Waals surface area contributed by atoms with Crippen molar-refractivity contribution in [1.29, 1.82) is 0 Å². The summed E-state index contributed by atoms with van der Waals surface area (Å²) in [5, 5.41) is 0. The second-order valence-electron chi connectivity index (χ2n) is 8.47. The molecule has 1 aliphatic rings. The van der Waals surface area contributed by atoms with E-state index < -0.39 is 11.9 Å². The predicted molar refractivity (Wildman–Crippen MR) is 118 cm³/mol. The molecule has 0 saturated carbocycles. The van der Waals surface area contributed by atoms with E-state index in [1.54, 1.807) is 32.0 Å². The van der Waals surface area contributed by atoms with Crippen LogP contribution in [-0.4, -0.2) is 30.9 Å². The first-order chi connectivity index (χ1) is 15.1. The lowest BCUT2D eigenvalue weighted by Crippen LogP contribution is -2.18. The molecule has 7 heteroatoms. The molecule has 32 heavy (non-hydrogen) atoms. The maximum Gasteiger partial charge on any atom is 0.346 e. The number of carbonyl (C=O) groups excluding carboxylic acids is 3. The average molecular weight is 440 g/mol. The van der Waals surface area contributed by atoms with Crippen LogP contribution in [-0.2, 0) is 16.1 Å². The smallest absolute Gasteiger partial charge is 0.346 e. The zero-order valence-corrected chi connectivity index (χ0v) is 19.2. The molecule has 1 aliphatic heterocycles. The summed E-state index contributed by atoms with van der Waals surface area (Å²) in [5.41, 5.74) is 1.86. The Morgan fingerprint density at radius 2 is 1.81 bits per heavy atom. The Labute approximate surface area is 187 Å². The summed E-state index contributed by atoms with van der Waals surface area (Å²) in [6, 6.07) is 6.55. The van der Waals surface area contributed by atoms with Crippen LogP contribution in [0.25, 0.3) is 0 Å². The molecular formula is C25H28O7. The minimum absolute atomic E-state index is 0.0107. The molecule has 0 amide bonds. The Kier molecular flexibility index (Phi) is 6.87. The molecule has 0 radical (unpaired) electrons. The van der Waals surface area contributed by atoms with E-state index in [4.69, 9.17) is 18.9 Å². The molecule has 1 heterocycles. The van der Waals surface area contributed by atoms with E-state index in [1.165, 1.54) is 13.2 Å². The van der Waals surface area contributed by atoms with E-state index in [1.807, 2.05) is 20.8 Å². The lowest BCUT2D eigenvalue weighted by Gasteiger charge is -2.23. The second-order valence-corrected chi connectivity index (χ2v) is 8.47. The first kappa shape index (κ1) is 23.3. The number of carbonyl (C=O) groups is 3. The third kappa shape index (κ3) is 4.77. The van der Waals surface area contributed by atoms with E-state index in [9.17, 15) is 14.4 Å². The maximum absolute atomic E-state index is 12.9. The highest BCUT2D eigenvalue weighted by Crippen LogP contribution is 2.41. The van der Waals surface area contributed by atoms with Gasteiger partial charge in [0.25, 0.3) is 0 Å². The number of rotatable bonds is 6. The van der Waals surface area contributed by atoms with Gasteiger partial charge in [0.2, 0.25) is 0 Å². The summed E-state index contributed by atoms with van der Waals surface area (Å²) < 4.78 is 22.4. The molecule has 3 rings (SSSR count). The largest absolute Gasteiger partial charge is 0.495 e.